The van der Waals surface area contributed by atoms with Crippen molar-refractivity contribution in [2.75, 3.05) is 33.9 Å². The standard InChI is InChI=1S/C16H21N3O5/c1-23-13(24-2)10-18-16(22)17-8-5-9-19-14(20)11-6-3-4-7-12(11)15(19)21/h3-4,6-7,13H,5,8-10H2,1-2H3,(H2,17,18,22). The van der Waals surface area contributed by atoms with Crippen molar-refractivity contribution in [3.05, 3.63) is 35.4 Å². The zero-order valence-electron chi connectivity index (χ0n) is 13.7. The van der Waals surface area contributed by atoms with E-state index in [9.17, 15) is 14.4 Å². The van der Waals surface area contributed by atoms with Crippen LogP contribution < -0.4 is 10.6 Å². The molecule has 0 unspecified atom stereocenters. The van der Waals surface area contributed by atoms with Crippen LogP contribution in [0.25, 0.3) is 0 Å². The highest BCUT2D eigenvalue weighted by atomic mass is 16.7. The van der Waals surface area contributed by atoms with Gasteiger partial charge in [0.15, 0.2) is 6.29 Å². The summed E-state index contributed by atoms with van der Waals surface area (Å²) in [5, 5.41) is 5.25. The van der Waals surface area contributed by atoms with Crippen LogP contribution in [0, 0.1) is 0 Å². The molecule has 0 radical (unpaired) electrons. The molecule has 0 aromatic heterocycles. The molecule has 0 bridgehead atoms. The molecule has 130 valence electrons. The number of urea groups is 1. The molecule has 8 heteroatoms. The van der Waals surface area contributed by atoms with E-state index in [-0.39, 0.29) is 30.9 Å². The molecular weight excluding hydrogens is 314 g/mol. The second-order valence-electron chi connectivity index (χ2n) is 5.20. The van der Waals surface area contributed by atoms with E-state index in [0.717, 1.165) is 0 Å². The number of fused-ring (bicyclic) bond motifs is 1. The highest BCUT2D eigenvalue weighted by Crippen LogP contribution is 2.22. The maximum Gasteiger partial charge on any atom is 0.314 e. The minimum atomic E-state index is -0.505. The molecule has 1 aliphatic heterocycles. The largest absolute Gasteiger partial charge is 0.354 e. The minimum absolute atomic E-state index is 0.219. The van der Waals surface area contributed by atoms with Crippen LogP contribution in [0.15, 0.2) is 24.3 Å². The molecule has 0 aliphatic carbocycles. The van der Waals surface area contributed by atoms with Gasteiger partial charge in [-0.25, -0.2) is 4.79 Å². The van der Waals surface area contributed by atoms with Crippen molar-refractivity contribution < 1.29 is 23.9 Å². The SMILES string of the molecule is COC(CNC(=O)NCCCN1C(=O)c2ccccc2C1=O)OC. The van der Waals surface area contributed by atoms with Gasteiger partial charge in [0.25, 0.3) is 11.8 Å². The molecule has 1 heterocycles. The summed E-state index contributed by atoms with van der Waals surface area (Å²) in [6, 6.07) is 6.38. The Morgan fingerprint density at radius 2 is 1.67 bits per heavy atom. The van der Waals surface area contributed by atoms with E-state index in [1.54, 1.807) is 24.3 Å². The van der Waals surface area contributed by atoms with Gasteiger partial charge in [-0.3, -0.25) is 14.5 Å². The maximum atomic E-state index is 12.2. The number of hydrogen-bond acceptors (Lipinski definition) is 5. The molecular formula is C16H21N3O5. The van der Waals surface area contributed by atoms with Crippen molar-refractivity contribution in [1.82, 2.24) is 15.5 Å². The van der Waals surface area contributed by atoms with Crippen molar-refractivity contribution in [2.45, 2.75) is 12.7 Å². The lowest BCUT2D eigenvalue weighted by Gasteiger charge is -2.15. The van der Waals surface area contributed by atoms with E-state index in [4.69, 9.17) is 9.47 Å². The number of nitrogens with zero attached hydrogens (tertiary/aromatic N) is 1. The van der Waals surface area contributed by atoms with Crippen LogP contribution in [0.5, 0.6) is 0 Å². The Balaban J connectivity index is 1.71. The molecule has 0 atom stereocenters. The Morgan fingerprint density at radius 3 is 2.21 bits per heavy atom. The molecule has 1 aromatic carbocycles. The average molecular weight is 335 g/mol. The van der Waals surface area contributed by atoms with E-state index in [1.807, 2.05) is 0 Å². The number of rotatable bonds is 8. The number of methoxy groups -OCH3 is 2. The Morgan fingerprint density at radius 1 is 1.08 bits per heavy atom. The monoisotopic (exact) mass is 335 g/mol. The number of nitrogens with one attached hydrogen (secondary N) is 2. The zero-order valence-corrected chi connectivity index (χ0v) is 13.7. The molecule has 2 rings (SSSR count). The normalized spacial score (nSPS) is 13.4. The lowest BCUT2D eigenvalue weighted by molar-refractivity contribution is -0.0971. The fourth-order valence-electron chi connectivity index (χ4n) is 2.38. The first-order valence-corrected chi connectivity index (χ1v) is 7.61. The van der Waals surface area contributed by atoms with Gasteiger partial charge in [-0.2, -0.15) is 0 Å². The van der Waals surface area contributed by atoms with Crippen LogP contribution in [-0.4, -0.2) is 62.9 Å². The fourth-order valence-corrected chi connectivity index (χ4v) is 2.38. The van der Waals surface area contributed by atoms with E-state index in [1.165, 1.54) is 19.1 Å². The molecule has 1 aliphatic rings. The van der Waals surface area contributed by atoms with E-state index < -0.39 is 6.29 Å². The van der Waals surface area contributed by atoms with Gasteiger partial charge < -0.3 is 20.1 Å². The summed E-state index contributed by atoms with van der Waals surface area (Å²) in [6.45, 7) is 0.812. The van der Waals surface area contributed by atoms with Gasteiger partial charge in [0, 0.05) is 27.3 Å². The third-order valence-electron chi connectivity index (χ3n) is 3.68. The van der Waals surface area contributed by atoms with Crippen molar-refractivity contribution in [2.24, 2.45) is 0 Å². The van der Waals surface area contributed by atoms with Crippen LogP contribution in [-0.2, 0) is 9.47 Å². The van der Waals surface area contributed by atoms with Crippen LogP contribution in [0.1, 0.15) is 27.1 Å². The Bertz CT molecular complexity index is 580. The van der Waals surface area contributed by atoms with Gasteiger partial charge in [-0.15, -0.1) is 0 Å². The highest BCUT2D eigenvalue weighted by Gasteiger charge is 2.34. The summed E-state index contributed by atoms with van der Waals surface area (Å²) in [5.41, 5.74) is 0.858. The first kappa shape index (κ1) is 17.9. The van der Waals surface area contributed by atoms with Gasteiger partial charge in [-0.05, 0) is 18.6 Å². The lowest BCUT2D eigenvalue weighted by atomic mass is 10.1. The zero-order chi connectivity index (χ0) is 17.5. The number of hydrogen-bond donors (Lipinski definition) is 2. The topological polar surface area (TPSA) is 97.0 Å². The molecule has 0 saturated heterocycles. The van der Waals surface area contributed by atoms with Crippen molar-refractivity contribution in [1.29, 1.82) is 0 Å². The summed E-state index contributed by atoms with van der Waals surface area (Å²) >= 11 is 0. The van der Waals surface area contributed by atoms with Crippen LogP contribution in [0.3, 0.4) is 0 Å². The Labute approximate surface area is 140 Å². The van der Waals surface area contributed by atoms with Crippen LogP contribution in [0.4, 0.5) is 4.79 Å². The van der Waals surface area contributed by atoms with E-state index >= 15 is 0 Å². The number of carbonyl (C=O) groups excluding carboxylic acids is 3. The third kappa shape index (κ3) is 4.09. The molecule has 0 saturated carbocycles. The lowest BCUT2D eigenvalue weighted by Crippen LogP contribution is -2.41. The van der Waals surface area contributed by atoms with Crippen LogP contribution in [0.2, 0.25) is 0 Å². The molecule has 0 fully saturated rings. The first-order valence-electron chi connectivity index (χ1n) is 7.61. The number of carbonyl (C=O) groups is 3. The Hall–Kier alpha value is -2.45. The summed E-state index contributed by atoms with van der Waals surface area (Å²) in [6.07, 6.45) is -0.0363. The third-order valence-corrected chi connectivity index (χ3v) is 3.68. The molecule has 0 spiro atoms. The molecule has 24 heavy (non-hydrogen) atoms. The predicted octanol–water partition coefficient (Wildman–Crippen LogP) is 0.591. The molecule has 8 nitrogen and oxygen atoms in total. The van der Waals surface area contributed by atoms with Crippen molar-refractivity contribution in [3.8, 4) is 0 Å². The van der Waals surface area contributed by atoms with E-state index in [2.05, 4.69) is 10.6 Å². The summed E-state index contributed by atoms with van der Waals surface area (Å²) in [7, 11) is 2.96. The molecule has 4 amide bonds. The van der Waals surface area contributed by atoms with E-state index in [0.29, 0.717) is 24.1 Å². The summed E-state index contributed by atoms with van der Waals surface area (Å²) < 4.78 is 9.90. The quantitative estimate of drug-likeness (QED) is 0.412. The second-order valence-corrected chi connectivity index (χ2v) is 5.20. The first-order chi connectivity index (χ1) is 11.6. The Kier molecular flexibility index (Phi) is 6.28. The van der Waals surface area contributed by atoms with Gasteiger partial charge >= 0.3 is 6.03 Å². The number of benzene rings is 1. The summed E-state index contributed by atoms with van der Waals surface area (Å²) in [5.74, 6) is -0.578. The number of amides is 4. The second kappa shape index (κ2) is 8.42. The van der Waals surface area contributed by atoms with Crippen LogP contribution >= 0.6 is 0 Å². The molecule has 2 N–H and O–H groups in total. The highest BCUT2D eigenvalue weighted by molar-refractivity contribution is 6.21. The minimum Gasteiger partial charge on any atom is -0.354 e. The molecule has 1 aromatic rings. The number of imide groups is 1. The summed E-state index contributed by atoms with van der Waals surface area (Å²) in [4.78, 5) is 37.1. The smallest absolute Gasteiger partial charge is 0.314 e. The van der Waals surface area contributed by atoms with Gasteiger partial charge in [0.05, 0.1) is 17.7 Å². The van der Waals surface area contributed by atoms with Gasteiger partial charge in [0.2, 0.25) is 0 Å². The van der Waals surface area contributed by atoms with Gasteiger partial charge in [0.1, 0.15) is 0 Å². The fraction of sp³-hybridized carbons (Fsp3) is 0.438. The number of ether oxygens (including phenoxy) is 2. The van der Waals surface area contributed by atoms with Crippen molar-refractivity contribution in [3.63, 3.8) is 0 Å². The van der Waals surface area contributed by atoms with Gasteiger partial charge in [-0.1, -0.05) is 12.1 Å². The average Bonchev–Trinajstić information content (AvgIpc) is 2.84. The predicted molar refractivity (Wildman–Crippen MR) is 85.6 cm³/mol. The maximum absolute atomic E-state index is 12.2. The van der Waals surface area contributed by atoms with Crippen molar-refractivity contribution >= 4 is 17.8 Å².